The number of halogens is 4. The van der Waals surface area contributed by atoms with Crippen LogP contribution in [0.5, 0.6) is 0 Å². The fourth-order valence-electron chi connectivity index (χ4n) is 1.61. The first-order valence-corrected chi connectivity index (χ1v) is 7.67. The Labute approximate surface area is 133 Å². The van der Waals surface area contributed by atoms with Crippen LogP contribution < -0.4 is 5.32 Å². The molecule has 0 radical (unpaired) electrons. The van der Waals surface area contributed by atoms with Gasteiger partial charge in [0.1, 0.15) is 0 Å². The normalized spacial score (nSPS) is 11.4. The first-order chi connectivity index (χ1) is 9.44. The molecule has 0 aliphatic heterocycles. The Morgan fingerprint density at radius 1 is 1.00 bits per heavy atom. The average Bonchev–Trinajstić information content (AvgIpc) is 2.38. The highest BCUT2D eigenvalue weighted by atomic mass is 127. The topological polar surface area (TPSA) is 12.0 Å². The van der Waals surface area contributed by atoms with Crippen molar-refractivity contribution in [3.8, 4) is 0 Å². The van der Waals surface area contributed by atoms with Gasteiger partial charge in [0, 0.05) is 20.7 Å². The number of hydrogen-bond donors (Lipinski definition) is 1. The van der Waals surface area contributed by atoms with E-state index in [-0.39, 0.29) is 16.7 Å². The number of benzene rings is 2. The zero-order chi connectivity index (χ0) is 14.6. The number of thioether (sulfide) groups is 1. The molecule has 0 spiro atoms. The maximum Gasteiger partial charge on any atom is 0.446 e. The second-order valence-electron chi connectivity index (χ2n) is 4.03. The van der Waals surface area contributed by atoms with E-state index < -0.39 is 5.51 Å². The summed E-state index contributed by atoms with van der Waals surface area (Å²) in [6, 6.07) is 14.2. The molecule has 1 nitrogen and oxygen atoms in total. The van der Waals surface area contributed by atoms with Gasteiger partial charge < -0.3 is 5.32 Å². The zero-order valence-corrected chi connectivity index (χ0v) is 13.2. The molecule has 0 aliphatic carbocycles. The van der Waals surface area contributed by atoms with Gasteiger partial charge in [-0.2, -0.15) is 13.2 Å². The molecule has 2 aromatic carbocycles. The maximum atomic E-state index is 12.2. The summed E-state index contributed by atoms with van der Waals surface area (Å²) in [6.45, 7) is 0.580. The van der Waals surface area contributed by atoms with Crippen LogP contribution in [0, 0.1) is 3.57 Å². The first kappa shape index (κ1) is 15.5. The summed E-state index contributed by atoms with van der Waals surface area (Å²) < 4.78 is 37.7. The fourth-order valence-corrected chi connectivity index (χ4v) is 2.73. The van der Waals surface area contributed by atoms with Crippen molar-refractivity contribution in [3.05, 3.63) is 57.7 Å². The molecule has 0 fully saturated rings. The minimum absolute atomic E-state index is 0.0952. The van der Waals surface area contributed by atoms with E-state index in [1.165, 1.54) is 12.1 Å². The Kier molecular flexibility index (Phi) is 5.20. The molecule has 2 aromatic rings. The van der Waals surface area contributed by atoms with E-state index in [4.69, 9.17) is 0 Å². The van der Waals surface area contributed by atoms with Gasteiger partial charge >= 0.3 is 5.51 Å². The number of para-hydroxylation sites is 1. The summed E-state index contributed by atoms with van der Waals surface area (Å²) in [5.41, 5.74) is -2.28. The van der Waals surface area contributed by atoms with E-state index in [1.54, 1.807) is 12.1 Å². The van der Waals surface area contributed by atoms with Crippen LogP contribution in [0.4, 0.5) is 18.9 Å². The van der Waals surface area contributed by atoms with Gasteiger partial charge in [-0.1, -0.05) is 24.3 Å². The van der Waals surface area contributed by atoms with Crippen LogP contribution in [-0.4, -0.2) is 5.51 Å². The van der Waals surface area contributed by atoms with Crippen molar-refractivity contribution in [2.75, 3.05) is 5.32 Å². The molecule has 0 bridgehead atoms. The standard InChI is InChI=1S/C14H11F3INS/c15-14(16,17)20-11-7-5-10(6-8-11)9-19-13-4-2-1-3-12(13)18/h1-8,19H,9H2. The van der Waals surface area contributed by atoms with Gasteiger partial charge in [0.2, 0.25) is 0 Å². The number of alkyl halides is 3. The lowest BCUT2D eigenvalue weighted by Gasteiger charge is -2.09. The Balaban J connectivity index is 1.96. The van der Waals surface area contributed by atoms with Gasteiger partial charge in [0.25, 0.3) is 0 Å². The summed E-state index contributed by atoms with van der Waals surface area (Å²) in [6.07, 6.45) is 0. The lowest BCUT2D eigenvalue weighted by atomic mass is 10.2. The second kappa shape index (κ2) is 6.71. The second-order valence-corrected chi connectivity index (χ2v) is 6.33. The van der Waals surface area contributed by atoms with Crippen molar-refractivity contribution in [1.29, 1.82) is 0 Å². The summed E-state index contributed by atoms with van der Waals surface area (Å²) >= 11 is 2.14. The Morgan fingerprint density at radius 2 is 1.65 bits per heavy atom. The Hall–Kier alpha value is -0.890. The van der Waals surface area contributed by atoms with E-state index in [1.807, 2.05) is 24.3 Å². The van der Waals surface area contributed by atoms with Crippen LogP contribution in [0.3, 0.4) is 0 Å². The quantitative estimate of drug-likeness (QED) is 0.528. The van der Waals surface area contributed by atoms with Crippen molar-refractivity contribution < 1.29 is 13.2 Å². The first-order valence-electron chi connectivity index (χ1n) is 5.77. The van der Waals surface area contributed by atoms with Gasteiger partial charge in [-0.05, 0) is 64.2 Å². The number of rotatable bonds is 4. The highest BCUT2D eigenvalue weighted by molar-refractivity contribution is 14.1. The van der Waals surface area contributed by atoms with Crippen molar-refractivity contribution >= 4 is 40.0 Å². The van der Waals surface area contributed by atoms with E-state index in [9.17, 15) is 13.2 Å². The van der Waals surface area contributed by atoms with E-state index in [2.05, 4.69) is 27.9 Å². The number of anilines is 1. The summed E-state index contributed by atoms with van der Waals surface area (Å²) in [7, 11) is 0. The SMILES string of the molecule is FC(F)(F)Sc1ccc(CNc2ccccc2I)cc1. The number of nitrogens with one attached hydrogen (secondary N) is 1. The molecule has 2 rings (SSSR count). The van der Waals surface area contributed by atoms with Gasteiger partial charge in [-0.3, -0.25) is 0 Å². The highest BCUT2D eigenvalue weighted by Gasteiger charge is 2.28. The van der Waals surface area contributed by atoms with Crippen molar-refractivity contribution in [2.45, 2.75) is 16.9 Å². The molecule has 20 heavy (non-hydrogen) atoms. The third kappa shape index (κ3) is 4.90. The van der Waals surface area contributed by atoms with Crippen LogP contribution in [-0.2, 0) is 6.54 Å². The van der Waals surface area contributed by atoms with Gasteiger partial charge in [-0.15, -0.1) is 0 Å². The van der Waals surface area contributed by atoms with Crippen LogP contribution in [0.2, 0.25) is 0 Å². The summed E-state index contributed by atoms with van der Waals surface area (Å²) in [5, 5.41) is 3.26. The highest BCUT2D eigenvalue weighted by Crippen LogP contribution is 2.36. The van der Waals surface area contributed by atoms with Gasteiger partial charge in [0.15, 0.2) is 0 Å². The average molecular weight is 409 g/mol. The molecule has 0 heterocycles. The Morgan fingerprint density at radius 3 is 2.25 bits per heavy atom. The third-order valence-electron chi connectivity index (χ3n) is 2.51. The molecule has 106 valence electrons. The molecule has 0 amide bonds. The molecule has 1 N–H and O–H groups in total. The van der Waals surface area contributed by atoms with E-state index in [0.717, 1.165) is 14.8 Å². The third-order valence-corrected chi connectivity index (χ3v) is 4.19. The zero-order valence-electron chi connectivity index (χ0n) is 10.2. The van der Waals surface area contributed by atoms with Crippen molar-refractivity contribution in [2.24, 2.45) is 0 Å². The number of hydrogen-bond acceptors (Lipinski definition) is 2. The Bertz CT molecular complexity index is 569. The molecular weight excluding hydrogens is 398 g/mol. The van der Waals surface area contributed by atoms with Crippen LogP contribution >= 0.6 is 34.4 Å². The van der Waals surface area contributed by atoms with Crippen molar-refractivity contribution in [1.82, 2.24) is 0 Å². The molecular formula is C14H11F3INS. The van der Waals surface area contributed by atoms with E-state index in [0.29, 0.717) is 6.54 Å². The lowest BCUT2D eigenvalue weighted by molar-refractivity contribution is -0.0328. The minimum atomic E-state index is -4.24. The fraction of sp³-hybridized carbons (Fsp3) is 0.143. The molecule has 0 saturated carbocycles. The molecule has 0 saturated heterocycles. The minimum Gasteiger partial charge on any atom is -0.380 e. The van der Waals surface area contributed by atoms with Gasteiger partial charge in [0.05, 0.1) is 0 Å². The molecule has 0 aliphatic rings. The molecule has 0 aromatic heterocycles. The molecule has 6 heteroatoms. The van der Waals surface area contributed by atoms with Crippen LogP contribution in [0.15, 0.2) is 53.4 Å². The monoisotopic (exact) mass is 409 g/mol. The largest absolute Gasteiger partial charge is 0.446 e. The summed E-state index contributed by atoms with van der Waals surface area (Å²) in [4.78, 5) is 0.204. The van der Waals surface area contributed by atoms with Crippen LogP contribution in [0.1, 0.15) is 5.56 Å². The maximum absolute atomic E-state index is 12.2. The predicted molar refractivity (Wildman–Crippen MR) is 84.8 cm³/mol. The lowest BCUT2D eigenvalue weighted by Crippen LogP contribution is -2.01. The van der Waals surface area contributed by atoms with Crippen molar-refractivity contribution in [3.63, 3.8) is 0 Å². The molecule has 0 unspecified atom stereocenters. The van der Waals surface area contributed by atoms with Crippen LogP contribution in [0.25, 0.3) is 0 Å². The van der Waals surface area contributed by atoms with Gasteiger partial charge in [-0.25, -0.2) is 0 Å². The summed E-state index contributed by atoms with van der Waals surface area (Å²) in [5.74, 6) is 0. The van der Waals surface area contributed by atoms with E-state index >= 15 is 0 Å². The molecule has 0 atom stereocenters. The predicted octanol–water partition coefficient (Wildman–Crippen LogP) is 5.52. The smallest absolute Gasteiger partial charge is 0.380 e.